The predicted octanol–water partition coefficient (Wildman–Crippen LogP) is 3.17. The zero-order valence-electron chi connectivity index (χ0n) is 10.1. The highest BCUT2D eigenvalue weighted by Gasteiger charge is 2.09. The normalized spacial score (nSPS) is 10.1. The van der Waals surface area contributed by atoms with E-state index in [0.717, 1.165) is 6.07 Å². The number of carbonyl (C=O) groups excluding carboxylic acids is 1. The van der Waals surface area contributed by atoms with Crippen LogP contribution in [0.1, 0.15) is 10.4 Å². The topological polar surface area (TPSA) is 54.0 Å². The Hall–Kier alpha value is -2.14. The summed E-state index contributed by atoms with van der Waals surface area (Å²) in [5.74, 6) is -0.213. The molecule has 0 saturated heterocycles. The van der Waals surface area contributed by atoms with Crippen LogP contribution in [0.2, 0.25) is 5.02 Å². The molecule has 0 aliphatic heterocycles. The van der Waals surface area contributed by atoms with Gasteiger partial charge in [-0.25, -0.2) is 9.37 Å². The summed E-state index contributed by atoms with van der Waals surface area (Å²) < 4.78 is 12.9. The van der Waals surface area contributed by atoms with Crippen LogP contribution >= 0.6 is 11.6 Å². The van der Waals surface area contributed by atoms with E-state index in [1.54, 1.807) is 19.2 Å². The molecule has 0 aliphatic rings. The lowest BCUT2D eigenvalue weighted by molar-refractivity contribution is 0.102. The van der Waals surface area contributed by atoms with Crippen LogP contribution in [0.4, 0.5) is 15.9 Å². The lowest BCUT2D eigenvalue weighted by Crippen LogP contribution is -2.12. The molecule has 0 bridgehead atoms. The number of rotatable bonds is 3. The van der Waals surface area contributed by atoms with Crippen LogP contribution in [0, 0.1) is 5.82 Å². The summed E-state index contributed by atoms with van der Waals surface area (Å²) in [5.41, 5.74) is 0.788. The molecule has 1 amide bonds. The predicted molar refractivity (Wildman–Crippen MR) is 73.1 cm³/mol. The van der Waals surface area contributed by atoms with Crippen LogP contribution < -0.4 is 10.6 Å². The maximum absolute atomic E-state index is 12.9. The number of anilines is 2. The van der Waals surface area contributed by atoms with Crippen LogP contribution in [-0.4, -0.2) is 17.9 Å². The van der Waals surface area contributed by atoms with Crippen molar-refractivity contribution in [2.24, 2.45) is 0 Å². The average molecular weight is 280 g/mol. The van der Waals surface area contributed by atoms with E-state index in [2.05, 4.69) is 15.6 Å². The molecule has 0 radical (unpaired) electrons. The fourth-order valence-electron chi connectivity index (χ4n) is 1.49. The Morgan fingerprint density at radius 3 is 2.79 bits per heavy atom. The van der Waals surface area contributed by atoms with Crippen LogP contribution in [0.3, 0.4) is 0 Å². The number of halogens is 2. The lowest BCUT2D eigenvalue weighted by Gasteiger charge is -2.08. The van der Waals surface area contributed by atoms with E-state index in [1.165, 1.54) is 18.3 Å². The van der Waals surface area contributed by atoms with Gasteiger partial charge in [-0.3, -0.25) is 4.79 Å². The molecule has 19 heavy (non-hydrogen) atoms. The number of hydrogen-bond acceptors (Lipinski definition) is 3. The van der Waals surface area contributed by atoms with Gasteiger partial charge in [0.15, 0.2) is 0 Å². The second-order valence-electron chi connectivity index (χ2n) is 3.76. The van der Waals surface area contributed by atoms with Crippen molar-refractivity contribution in [3.05, 3.63) is 52.9 Å². The second kappa shape index (κ2) is 5.67. The van der Waals surface area contributed by atoms with Gasteiger partial charge < -0.3 is 10.6 Å². The number of aromatic nitrogens is 1. The van der Waals surface area contributed by atoms with Crippen LogP contribution in [-0.2, 0) is 0 Å². The van der Waals surface area contributed by atoms with E-state index < -0.39 is 5.82 Å². The largest absolute Gasteiger partial charge is 0.373 e. The summed E-state index contributed by atoms with van der Waals surface area (Å²) in [7, 11) is 1.71. The highest BCUT2D eigenvalue weighted by molar-refractivity contribution is 6.33. The van der Waals surface area contributed by atoms with Gasteiger partial charge in [-0.15, -0.1) is 0 Å². The van der Waals surface area contributed by atoms with Crippen molar-refractivity contribution >= 4 is 29.0 Å². The number of pyridine rings is 1. The number of nitrogens with zero attached hydrogens (tertiary/aromatic N) is 1. The molecule has 1 heterocycles. The summed E-state index contributed by atoms with van der Waals surface area (Å²) in [4.78, 5) is 16.0. The van der Waals surface area contributed by atoms with Gasteiger partial charge in [-0.2, -0.15) is 0 Å². The smallest absolute Gasteiger partial charge is 0.255 e. The molecule has 2 aromatic rings. The van der Waals surface area contributed by atoms with E-state index in [0.29, 0.717) is 17.1 Å². The van der Waals surface area contributed by atoms with Gasteiger partial charge in [0, 0.05) is 18.8 Å². The Labute approximate surface area is 114 Å². The molecule has 0 spiro atoms. The first-order chi connectivity index (χ1) is 9.10. The number of amides is 1. The van der Waals surface area contributed by atoms with Crippen molar-refractivity contribution in [1.29, 1.82) is 0 Å². The minimum Gasteiger partial charge on any atom is -0.373 e. The highest BCUT2D eigenvalue weighted by Crippen LogP contribution is 2.23. The summed E-state index contributed by atoms with van der Waals surface area (Å²) in [5, 5.41) is 5.60. The number of benzene rings is 1. The van der Waals surface area contributed by atoms with Gasteiger partial charge >= 0.3 is 0 Å². The Kier molecular flexibility index (Phi) is 3.97. The van der Waals surface area contributed by atoms with E-state index >= 15 is 0 Å². The van der Waals surface area contributed by atoms with Crippen molar-refractivity contribution < 1.29 is 9.18 Å². The average Bonchev–Trinajstić information content (AvgIpc) is 2.42. The Morgan fingerprint density at radius 1 is 1.32 bits per heavy atom. The van der Waals surface area contributed by atoms with Gasteiger partial charge in [-0.1, -0.05) is 11.6 Å². The van der Waals surface area contributed by atoms with Crippen LogP contribution in [0.5, 0.6) is 0 Å². The van der Waals surface area contributed by atoms with Gasteiger partial charge in [-0.05, 0) is 30.3 Å². The Morgan fingerprint density at radius 2 is 2.11 bits per heavy atom. The van der Waals surface area contributed by atoms with Crippen LogP contribution in [0.25, 0.3) is 0 Å². The van der Waals surface area contributed by atoms with Crippen molar-refractivity contribution in [3.63, 3.8) is 0 Å². The zero-order valence-corrected chi connectivity index (χ0v) is 10.8. The first-order valence-electron chi connectivity index (χ1n) is 5.50. The van der Waals surface area contributed by atoms with Crippen LogP contribution in [0.15, 0.2) is 36.5 Å². The first kappa shape index (κ1) is 13.3. The van der Waals surface area contributed by atoms with Crippen molar-refractivity contribution in [2.75, 3.05) is 17.7 Å². The Bertz CT molecular complexity index is 619. The molecular formula is C13H11ClFN3O. The third-order valence-corrected chi connectivity index (χ3v) is 2.77. The SMILES string of the molecule is CNc1cc(C(=O)Nc2ccc(F)cc2Cl)ccn1. The molecule has 0 fully saturated rings. The third kappa shape index (κ3) is 3.20. The molecule has 0 atom stereocenters. The van der Waals surface area contributed by atoms with Gasteiger partial charge in [0.05, 0.1) is 10.7 Å². The Balaban J connectivity index is 2.20. The van der Waals surface area contributed by atoms with Crippen molar-refractivity contribution in [2.45, 2.75) is 0 Å². The molecule has 0 saturated carbocycles. The van der Waals surface area contributed by atoms with E-state index in [9.17, 15) is 9.18 Å². The molecule has 0 unspecified atom stereocenters. The van der Waals surface area contributed by atoms with E-state index in [1.807, 2.05) is 0 Å². The third-order valence-electron chi connectivity index (χ3n) is 2.46. The van der Waals surface area contributed by atoms with Crippen molar-refractivity contribution in [1.82, 2.24) is 4.98 Å². The second-order valence-corrected chi connectivity index (χ2v) is 4.17. The van der Waals surface area contributed by atoms with Crippen molar-refractivity contribution in [3.8, 4) is 0 Å². The monoisotopic (exact) mass is 279 g/mol. The molecule has 0 aliphatic carbocycles. The molecule has 98 valence electrons. The highest BCUT2D eigenvalue weighted by atomic mass is 35.5. The fraction of sp³-hybridized carbons (Fsp3) is 0.0769. The number of carbonyl (C=O) groups is 1. The standard InChI is InChI=1S/C13H11ClFN3O/c1-16-12-6-8(4-5-17-12)13(19)18-11-3-2-9(15)7-10(11)14/h2-7H,1H3,(H,16,17)(H,18,19). The summed E-state index contributed by atoms with van der Waals surface area (Å²) >= 11 is 5.84. The van der Waals surface area contributed by atoms with Gasteiger partial charge in [0.1, 0.15) is 11.6 Å². The lowest BCUT2D eigenvalue weighted by atomic mass is 10.2. The minimum absolute atomic E-state index is 0.149. The molecule has 1 aromatic carbocycles. The maximum atomic E-state index is 12.9. The number of nitrogens with one attached hydrogen (secondary N) is 2. The van der Waals surface area contributed by atoms with Gasteiger partial charge in [0.2, 0.25) is 0 Å². The van der Waals surface area contributed by atoms with E-state index in [-0.39, 0.29) is 10.9 Å². The molecule has 4 nitrogen and oxygen atoms in total. The maximum Gasteiger partial charge on any atom is 0.255 e. The first-order valence-corrected chi connectivity index (χ1v) is 5.88. The number of hydrogen-bond donors (Lipinski definition) is 2. The molecule has 1 aromatic heterocycles. The van der Waals surface area contributed by atoms with Gasteiger partial charge in [0.25, 0.3) is 5.91 Å². The molecule has 2 N–H and O–H groups in total. The molecule has 2 rings (SSSR count). The fourth-order valence-corrected chi connectivity index (χ4v) is 1.71. The van der Waals surface area contributed by atoms with E-state index in [4.69, 9.17) is 11.6 Å². The minimum atomic E-state index is -0.454. The zero-order chi connectivity index (χ0) is 13.8. The summed E-state index contributed by atoms with van der Waals surface area (Å²) in [6, 6.07) is 6.96. The molecular weight excluding hydrogens is 269 g/mol. The molecule has 6 heteroatoms. The summed E-state index contributed by atoms with van der Waals surface area (Å²) in [6.07, 6.45) is 1.52. The summed E-state index contributed by atoms with van der Waals surface area (Å²) in [6.45, 7) is 0. The quantitative estimate of drug-likeness (QED) is 0.907.